The summed E-state index contributed by atoms with van der Waals surface area (Å²) in [5, 5.41) is 7.72. The lowest BCUT2D eigenvalue weighted by Gasteiger charge is -2.07. The highest BCUT2D eigenvalue weighted by Crippen LogP contribution is 2.30. The third-order valence-corrected chi connectivity index (χ3v) is 4.53. The summed E-state index contributed by atoms with van der Waals surface area (Å²) in [6, 6.07) is 2.14. The second-order valence-electron chi connectivity index (χ2n) is 4.10. The van der Waals surface area contributed by atoms with Crippen LogP contribution in [0.1, 0.15) is 5.56 Å². The highest BCUT2D eigenvalue weighted by Gasteiger charge is 2.31. The van der Waals surface area contributed by atoms with Crippen molar-refractivity contribution in [3.05, 3.63) is 23.9 Å². The zero-order chi connectivity index (χ0) is 15.0. The van der Waals surface area contributed by atoms with Gasteiger partial charge in [-0.2, -0.15) is 13.2 Å². The van der Waals surface area contributed by atoms with Crippen LogP contribution >= 0.6 is 11.8 Å². The number of aromatic nitrogens is 3. The molecule has 0 bridgehead atoms. The van der Waals surface area contributed by atoms with Crippen LogP contribution in [0.15, 0.2) is 23.5 Å². The number of nitrogens with zero attached hydrogens (tertiary/aromatic N) is 3. The Balaban J connectivity index is 2.26. The first-order chi connectivity index (χ1) is 9.17. The Morgan fingerprint density at radius 3 is 2.60 bits per heavy atom. The van der Waals surface area contributed by atoms with Gasteiger partial charge >= 0.3 is 6.18 Å². The van der Waals surface area contributed by atoms with Gasteiger partial charge < -0.3 is 0 Å². The van der Waals surface area contributed by atoms with Crippen LogP contribution in [0, 0.1) is 0 Å². The molecule has 2 heterocycles. The maximum absolute atomic E-state index is 12.6. The number of rotatable bonds is 4. The molecule has 2 aromatic heterocycles. The predicted molar refractivity (Wildman–Crippen MR) is 68.4 cm³/mol. The van der Waals surface area contributed by atoms with Gasteiger partial charge in [-0.25, -0.2) is 8.42 Å². The Kier molecular flexibility index (Phi) is 3.96. The Hall–Kier alpha value is -1.29. The fourth-order valence-electron chi connectivity index (χ4n) is 1.42. The monoisotopic (exact) mass is 325 g/mol. The largest absolute Gasteiger partial charge is 0.417 e. The molecule has 0 spiro atoms. The lowest BCUT2D eigenvalue weighted by atomic mass is 10.3. The van der Waals surface area contributed by atoms with Crippen LogP contribution in [0.5, 0.6) is 0 Å². The van der Waals surface area contributed by atoms with E-state index in [1.807, 2.05) is 0 Å². The second kappa shape index (κ2) is 5.24. The van der Waals surface area contributed by atoms with Gasteiger partial charge in [-0.05, 0) is 12.1 Å². The van der Waals surface area contributed by atoms with E-state index in [1.54, 1.807) is 0 Å². The minimum Gasteiger partial charge on any atom is -0.277 e. The molecule has 0 N–H and O–H groups in total. The summed E-state index contributed by atoms with van der Waals surface area (Å²) < 4.78 is 61.1. The third-order valence-electron chi connectivity index (χ3n) is 2.38. The average molecular weight is 325 g/mol. The van der Waals surface area contributed by atoms with Gasteiger partial charge in [0.25, 0.3) is 0 Å². The van der Waals surface area contributed by atoms with Gasteiger partial charge in [0.05, 0.1) is 11.3 Å². The molecule has 5 nitrogen and oxygen atoms in total. The van der Waals surface area contributed by atoms with E-state index < -0.39 is 21.6 Å². The third kappa shape index (κ3) is 3.63. The van der Waals surface area contributed by atoms with Gasteiger partial charge in [0, 0.05) is 18.2 Å². The van der Waals surface area contributed by atoms with Crippen LogP contribution in [-0.2, 0) is 16.0 Å². The molecule has 0 aliphatic heterocycles. The zero-order valence-corrected chi connectivity index (χ0v) is 11.9. The highest BCUT2D eigenvalue weighted by atomic mass is 32.2. The molecule has 0 aliphatic rings. The molecule has 2 rings (SSSR count). The van der Waals surface area contributed by atoms with E-state index in [9.17, 15) is 21.6 Å². The quantitative estimate of drug-likeness (QED) is 0.803. The number of sulfone groups is 1. The van der Waals surface area contributed by atoms with Crippen molar-refractivity contribution >= 4 is 27.2 Å². The summed E-state index contributed by atoms with van der Waals surface area (Å²) in [5.41, 5.74) is -0.533. The van der Waals surface area contributed by atoms with Crippen LogP contribution in [0.2, 0.25) is 0 Å². The highest BCUT2D eigenvalue weighted by molar-refractivity contribution is 8.00. The van der Waals surface area contributed by atoms with E-state index in [2.05, 4.69) is 10.2 Å². The van der Waals surface area contributed by atoms with Crippen LogP contribution in [0.25, 0.3) is 5.65 Å². The summed E-state index contributed by atoms with van der Waals surface area (Å²) in [6.07, 6.45) is -2.46. The number of halogens is 3. The number of fused-ring (bicyclic) bond motifs is 1. The molecule has 0 saturated carbocycles. The smallest absolute Gasteiger partial charge is 0.277 e. The molecule has 0 unspecified atom stereocenters. The molecule has 0 saturated heterocycles. The van der Waals surface area contributed by atoms with E-state index >= 15 is 0 Å². The maximum Gasteiger partial charge on any atom is 0.417 e. The predicted octanol–water partition coefficient (Wildman–Crippen LogP) is 1.88. The molecule has 0 aliphatic carbocycles. The summed E-state index contributed by atoms with van der Waals surface area (Å²) in [5.74, 6) is 0.126. The molecule has 0 atom stereocenters. The number of pyridine rings is 1. The van der Waals surface area contributed by atoms with Crippen molar-refractivity contribution in [3.8, 4) is 0 Å². The summed E-state index contributed by atoms with van der Waals surface area (Å²) >= 11 is 1.05. The summed E-state index contributed by atoms with van der Waals surface area (Å²) in [4.78, 5) is 0. The fraction of sp³-hybridized carbons (Fsp3) is 0.400. The van der Waals surface area contributed by atoms with Crippen LogP contribution in [-0.4, -0.2) is 40.8 Å². The van der Waals surface area contributed by atoms with Crippen molar-refractivity contribution in [2.45, 2.75) is 11.3 Å². The lowest BCUT2D eigenvalue weighted by molar-refractivity contribution is -0.137. The summed E-state index contributed by atoms with van der Waals surface area (Å²) in [6.45, 7) is 0. The van der Waals surface area contributed by atoms with Crippen LogP contribution in [0.4, 0.5) is 13.2 Å². The molecular formula is C10H10F3N3O2S2. The maximum atomic E-state index is 12.6. The second-order valence-corrected chi connectivity index (χ2v) is 7.43. The van der Waals surface area contributed by atoms with Crippen molar-refractivity contribution in [1.29, 1.82) is 0 Å². The first-order valence-electron chi connectivity index (χ1n) is 5.39. The summed E-state index contributed by atoms with van der Waals surface area (Å²) in [7, 11) is -3.12. The fourth-order valence-corrected chi connectivity index (χ4v) is 3.53. The van der Waals surface area contributed by atoms with E-state index in [0.717, 1.165) is 30.3 Å². The zero-order valence-electron chi connectivity index (χ0n) is 10.3. The van der Waals surface area contributed by atoms with Gasteiger partial charge in [0.15, 0.2) is 10.8 Å². The average Bonchev–Trinajstić information content (AvgIpc) is 2.69. The number of hydrogen-bond donors (Lipinski definition) is 0. The number of hydrogen-bond acceptors (Lipinski definition) is 5. The van der Waals surface area contributed by atoms with Crippen molar-refractivity contribution in [2.75, 3.05) is 17.8 Å². The van der Waals surface area contributed by atoms with Crippen LogP contribution in [0.3, 0.4) is 0 Å². The van der Waals surface area contributed by atoms with Crippen LogP contribution < -0.4 is 0 Å². The van der Waals surface area contributed by atoms with Crippen molar-refractivity contribution in [1.82, 2.24) is 14.6 Å². The van der Waals surface area contributed by atoms with E-state index in [1.165, 1.54) is 10.5 Å². The normalized spacial score (nSPS) is 13.0. The minimum absolute atomic E-state index is 0.0778. The molecular weight excluding hydrogens is 315 g/mol. The molecule has 110 valence electrons. The lowest BCUT2D eigenvalue weighted by Crippen LogP contribution is -2.07. The SMILES string of the molecule is CS(=O)(=O)CCSc1nnc2ccc(C(F)(F)F)cn12. The minimum atomic E-state index is -4.45. The first kappa shape index (κ1) is 15.1. The molecule has 0 amide bonds. The molecule has 2 aromatic rings. The molecule has 10 heteroatoms. The molecule has 0 radical (unpaired) electrons. The first-order valence-corrected chi connectivity index (χ1v) is 8.44. The number of thioether (sulfide) groups is 1. The standard InChI is InChI=1S/C10H10F3N3O2S2/c1-20(17,18)5-4-19-9-15-14-8-3-2-7(6-16(8)9)10(11,12)13/h2-3,6H,4-5H2,1H3. The Morgan fingerprint density at radius 1 is 1.30 bits per heavy atom. The molecule has 0 aromatic carbocycles. The Bertz CT molecular complexity index is 725. The van der Waals surface area contributed by atoms with Gasteiger partial charge in [-0.3, -0.25) is 4.40 Å². The van der Waals surface area contributed by atoms with Crippen molar-refractivity contribution in [3.63, 3.8) is 0 Å². The molecule has 0 fully saturated rings. The molecule has 20 heavy (non-hydrogen) atoms. The van der Waals surface area contributed by atoms with E-state index in [0.29, 0.717) is 0 Å². The van der Waals surface area contributed by atoms with Gasteiger partial charge in [0.2, 0.25) is 0 Å². The van der Waals surface area contributed by atoms with Gasteiger partial charge in [-0.15, -0.1) is 10.2 Å². The number of alkyl halides is 3. The Morgan fingerprint density at radius 2 is 2.00 bits per heavy atom. The Labute approximate surface area is 117 Å². The topological polar surface area (TPSA) is 64.3 Å². The van der Waals surface area contributed by atoms with Gasteiger partial charge in [0.1, 0.15) is 9.84 Å². The van der Waals surface area contributed by atoms with Crippen molar-refractivity contribution in [2.24, 2.45) is 0 Å². The van der Waals surface area contributed by atoms with Crippen molar-refractivity contribution < 1.29 is 21.6 Å². The van der Waals surface area contributed by atoms with E-state index in [-0.39, 0.29) is 22.3 Å². The van der Waals surface area contributed by atoms with Gasteiger partial charge in [-0.1, -0.05) is 11.8 Å². The van der Waals surface area contributed by atoms with E-state index in [4.69, 9.17) is 0 Å².